The van der Waals surface area contributed by atoms with Crippen molar-refractivity contribution >= 4 is 33.7 Å². The summed E-state index contributed by atoms with van der Waals surface area (Å²) in [4.78, 5) is 25.8. The van der Waals surface area contributed by atoms with Crippen molar-refractivity contribution in [2.45, 2.75) is 0 Å². The fraction of sp³-hybridized carbons (Fsp3) is 0. The summed E-state index contributed by atoms with van der Waals surface area (Å²) in [5.41, 5.74) is 0.733. The van der Waals surface area contributed by atoms with E-state index < -0.39 is 0 Å². The van der Waals surface area contributed by atoms with Crippen molar-refractivity contribution in [3.05, 3.63) is 87.9 Å². The molecule has 0 unspecified atom stereocenters. The van der Waals surface area contributed by atoms with E-state index in [0.29, 0.717) is 10.4 Å². The maximum Gasteiger partial charge on any atom is 0.225 e. The van der Waals surface area contributed by atoms with Gasteiger partial charge in [0.05, 0.1) is 10.4 Å². The molecule has 5 heteroatoms. The van der Waals surface area contributed by atoms with Crippen molar-refractivity contribution in [1.82, 2.24) is 5.16 Å². The Morgan fingerprint density at radius 3 is 2.54 bits per heavy atom. The van der Waals surface area contributed by atoms with E-state index in [1.807, 2.05) is 36.4 Å². The summed E-state index contributed by atoms with van der Waals surface area (Å²) < 4.78 is 4.91. The highest BCUT2D eigenvalue weighted by molar-refractivity contribution is 7.12. The molecule has 116 valence electrons. The Kier molecular flexibility index (Phi) is 3.55. The van der Waals surface area contributed by atoms with Crippen LogP contribution < -0.4 is 0 Å². The van der Waals surface area contributed by atoms with Gasteiger partial charge in [-0.1, -0.05) is 47.6 Å². The second kappa shape index (κ2) is 5.86. The lowest BCUT2D eigenvalue weighted by atomic mass is 9.99. The molecule has 24 heavy (non-hydrogen) atoms. The number of hydrogen-bond acceptors (Lipinski definition) is 5. The van der Waals surface area contributed by atoms with Crippen molar-refractivity contribution in [2.24, 2.45) is 0 Å². The number of benzene rings is 2. The van der Waals surface area contributed by atoms with Gasteiger partial charge in [0.15, 0.2) is 11.5 Å². The van der Waals surface area contributed by atoms with Crippen LogP contribution in [0, 0.1) is 0 Å². The van der Waals surface area contributed by atoms with Gasteiger partial charge < -0.3 is 4.52 Å². The summed E-state index contributed by atoms with van der Waals surface area (Å²) in [6.07, 6.45) is 1.23. The average Bonchev–Trinajstić information content (AvgIpc) is 3.31. The Balaban J connectivity index is 1.74. The van der Waals surface area contributed by atoms with Crippen molar-refractivity contribution < 1.29 is 14.1 Å². The predicted molar refractivity (Wildman–Crippen MR) is 91.6 cm³/mol. The summed E-state index contributed by atoms with van der Waals surface area (Å²) in [5.74, 6) is -0.579. The first kappa shape index (κ1) is 14.5. The molecule has 4 aromatic rings. The fourth-order valence-corrected chi connectivity index (χ4v) is 3.24. The van der Waals surface area contributed by atoms with E-state index in [0.717, 1.165) is 10.8 Å². The second-order valence-corrected chi connectivity index (χ2v) is 6.22. The molecule has 0 fully saturated rings. The third-order valence-electron chi connectivity index (χ3n) is 3.79. The summed E-state index contributed by atoms with van der Waals surface area (Å²) >= 11 is 1.30. The molecule has 0 saturated carbocycles. The Hall–Kier alpha value is -3.05. The van der Waals surface area contributed by atoms with E-state index in [2.05, 4.69) is 5.16 Å². The van der Waals surface area contributed by atoms with Gasteiger partial charge in [0.1, 0.15) is 6.26 Å². The van der Waals surface area contributed by atoms with Crippen LogP contribution in [0.1, 0.15) is 31.3 Å². The van der Waals surface area contributed by atoms with Crippen molar-refractivity contribution in [1.29, 1.82) is 0 Å². The number of carbonyl (C=O) groups excluding carboxylic acids is 2. The van der Waals surface area contributed by atoms with Gasteiger partial charge in [-0.05, 0) is 28.3 Å². The Labute approximate surface area is 141 Å². The zero-order valence-electron chi connectivity index (χ0n) is 12.4. The molecule has 2 aromatic heterocycles. The summed E-state index contributed by atoms with van der Waals surface area (Å²) in [6.45, 7) is 0. The highest BCUT2D eigenvalue weighted by atomic mass is 32.1. The first-order valence-electron chi connectivity index (χ1n) is 7.30. The number of thiophene rings is 1. The van der Waals surface area contributed by atoms with Gasteiger partial charge in [0.25, 0.3) is 0 Å². The third kappa shape index (κ3) is 2.45. The smallest absolute Gasteiger partial charge is 0.225 e. The minimum atomic E-state index is -0.303. The molecule has 0 aliphatic carbocycles. The lowest BCUT2D eigenvalue weighted by Crippen LogP contribution is -2.09. The van der Waals surface area contributed by atoms with Gasteiger partial charge in [-0.2, -0.15) is 0 Å². The van der Waals surface area contributed by atoms with Crippen LogP contribution in [0.15, 0.2) is 70.8 Å². The monoisotopic (exact) mass is 333 g/mol. The largest absolute Gasteiger partial charge is 0.363 e. The van der Waals surface area contributed by atoms with Gasteiger partial charge in [-0.3, -0.25) is 9.59 Å². The van der Waals surface area contributed by atoms with Crippen LogP contribution in [0.2, 0.25) is 0 Å². The fourth-order valence-electron chi connectivity index (χ4n) is 2.57. The lowest BCUT2D eigenvalue weighted by Gasteiger charge is -2.03. The molecule has 0 amide bonds. The summed E-state index contributed by atoms with van der Waals surface area (Å²) in [7, 11) is 0. The standard InChI is InChI=1S/C19H11NO3S/c21-18(14-8-7-12-4-1-2-5-13(12)10-14)15-11-23-20-17(15)19(22)16-6-3-9-24-16/h1-11H. The number of aromatic nitrogens is 1. The minimum Gasteiger partial charge on any atom is -0.363 e. The highest BCUT2D eigenvalue weighted by Crippen LogP contribution is 2.22. The molecule has 0 radical (unpaired) electrons. The van der Waals surface area contributed by atoms with E-state index in [1.54, 1.807) is 23.6 Å². The molecule has 0 spiro atoms. The second-order valence-electron chi connectivity index (χ2n) is 5.27. The normalized spacial score (nSPS) is 10.8. The van der Waals surface area contributed by atoms with Crippen molar-refractivity contribution in [3.8, 4) is 0 Å². The van der Waals surface area contributed by atoms with E-state index in [-0.39, 0.29) is 22.8 Å². The lowest BCUT2D eigenvalue weighted by molar-refractivity contribution is 0.100. The number of ketones is 2. The highest BCUT2D eigenvalue weighted by Gasteiger charge is 2.24. The van der Waals surface area contributed by atoms with Crippen molar-refractivity contribution in [3.63, 3.8) is 0 Å². The quantitative estimate of drug-likeness (QED) is 0.521. The predicted octanol–water partition coefficient (Wildman–Crippen LogP) is 4.35. The van der Waals surface area contributed by atoms with Crippen LogP contribution in [0.5, 0.6) is 0 Å². The number of carbonyl (C=O) groups is 2. The van der Waals surface area contributed by atoms with Gasteiger partial charge in [0, 0.05) is 5.56 Å². The summed E-state index contributed by atoms with van der Waals surface area (Å²) in [6, 6.07) is 16.7. The number of fused-ring (bicyclic) bond motifs is 1. The molecular weight excluding hydrogens is 322 g/mol. The van der Waals surface area contributed by atoms with Crippen LogP contribution in [-0.2, 0) is 0 Å². The van der Waals surface area contributed by atoms with E-state index in [1.165, 1.54) is 17.6 Å². The minimum absolute atomic E-state index is 0.0515. The molecule has 0 bridgehead atoms. The first-order valence-corrected chi connectivity index (χ1v) is 8.18. The third-order valence-corrected chi connectivity index (χ3v) is 4.65. The van der Waals surface area contributed by atoms with Crippen LogP contribution in [-0.4, -0.2) is 16.7 Å². The molecule has 2 aromatic carbocycles. The maximum atomic E-state index is 12.8. The molecule has 4 rings (SSSR count). The maximum absolute atomic E-state index is 12.8. The number of rotatable bonds is 4. The van der Waals surface area contributed by atoms with Crippen LogP contribution in [0.4, 0.5) is 0 Å². The molecule has 2 heterocycles. The molecule has 0 aliphatic heterocycles. The molecule has 0 aliphatic rings. The molecule has 0 atom stereocenters. The molecule has 0 N–H and O–H groups in total. The average molecular weight is 333 g/mol. The van der Waals surface area contributed by atoms with E-state index >= 15 is 0 Å². The first-order chi connectivity index (χ1) is 11.7. The van der Waals surface area contributed by atoms with E-state index in [9.17, 15) is 9.59 Å². The zero-order valence-corrected chi connectivity index (χ0v) is 13.2. The van der Waals surface area contributed by atoms with Crippen molar-refractivity contribution in [2.75, 3.05) is 0 Å². The number of hydrogen-bond donors (Lipinski definition) is 0. The zero-order chi connectivity index (χ0) is 16.5. The van der Waals surface area contributed by atoms with Crippen LogP contribution in [0.3, 0.4) is 0 Å². The van der Waals surface area contributed by atoms with Crippen LogP contribution >= 0.6 is 11.3 Å². The van der Waals surface area contributed by atoms with E-state index in [4.69, 9.17) is 4.52 Å². The topological polar surface area (TPSA) is 60.2 Å². The molecule has 0 saturated heterocycles. The Morgan fingerprint density at radius 2 is 1.75 bits per heavy atom. The van der Waals surface area contributed by atoms with Gasteiger partial charge in [-0.25, -0.2) is 0 Å². The van der Waals surface area contributed by atoms with Gasteiger partial charge in [-0.15, -0.1) is 11.3 Å². The van der Waals surface area contributed by atoms with Gasteiger partial charge in [0.2, 0.25) is 5.78 Å². The Morgan fingerprint density at radius 1 is 0.917 bits per heavy atom. The van der Waals surface area contributed by atoms with Crippen LogP contribution in [0.25, 0.3) is 10.8 Å². The van der Waals surface area contributed by atoms with Gasteiger partial charge >= 0.3 is 0 Å². The number of nitrogens with zero attached hydrogens (tertiary/aromatic N) is 1. The molecular formula is C19H11NO3S. The SMILES string of the molecule is O=C(c1ccc2ccccc2c1)c1conc1C(=O)c1cccs1. The summed E-state index contributed by atoms with van der Waals surface area (Å²) in [5, 5.41) is 7.56. The Bertz CT molecular complexity index is 1050. The molecule has 4 nitrogen and oxygen atoms in total.